The highest BCUT2D eigenvalue weighted by Crippen LogP contribution is 2.47. The van der Waals surface area contributed by atoms with E-state index in [9.17, 15) is 40.9 Å². The summed E-state index contributed by atoms with van der Waals surface area (Å²) in [6.07, 6.45) is 0. The van der Waals surface area contributed by atoms with Crippen LogP contribution in [0.2, 0.25) is 0 Å². The maximum absolute atomic E-state index is 10.2. The molecule has 0 atom stereocenters. The Morgan fingerprint density at radius 3 is 0.568 bits per heavy atom. The van der Waals surface area contributed by atoms with Crippen LogP contribution in [0.1, 0.15) is 52.6 Å². The maximum Gasteiger partial charge on any atom is 0.123 e. The molecule has 10 aromatic carbocycles. The van der Waals surface area contributed by atoms with Gasteiger partial charge in [0, 0.05) is 34.1 Å². The molecule has 16 heteroatoms. The lowest BCUT2D eigenvalue weighted by atomic mass is 9.81. The van der Waals surface area contributed by atoms with Crippen LogP contribution in [-0.4, -0.2) is 147 Å². The summed E-state index contributed by atoms with van der Waals surface area (Å²) in [5.41, 5.74) is 13.8. The molecule has 0 bridgehead atoms. The minimum absolute atomic E-state index is 0. The van der Waals surface area contributed by atoms with Crippen molar-refractivity contribution in [2.75, 3.05) is 106 Å². The lowest BCUT2D eigenvalue weighted by molar-refractivity contribution is 0.198. The lowest BCUT2D eigenvalue weighted by Crippen LogP contribution is -2.12. The number of hydrogen-bond acceptors (Lipinski definition) is 16. The molecule has 0 amide bonds. The highest BCUT2D eigenvalue weighted by atomic mass is 16.5. The third kappa shape index (κ3) is 18.0. The maximum atomic E-state index is 10.2. The van der Waals surface area contributed by atoms with Crippen molar-refractivity contribution in [3.8, 4) is 102 Å². The average Bonchev–Trinajstić information content (AvgIpc) is 0.854. The fraction of sp³-hybridized carbons (Fsp3) is 0.241. The molecule has 0 heterocycles. The summed E-state index contributed by atoms with van der Waals surface area (Å²) in [5, 5.41) is 78.4. The molecule has 8 N–H and O–H groups in total. The Balaban J connectivity index is 0.0000106. The predicted octanol–water partition coefficient (Wildman–Crippen LogP) is 12.0. The highest BCUT2D eigenvalue weighted by molar-refractivity contribution is 5.75. The Morgan fingerprint density at radius 2 is 0.368 bits per heavy atom. The topological polar surface area (TPSA) is 236 Å². The minimum Gasteiger partial charge on any atom is -0.491 e. The molecule has 0 saturated carbocycles. The van der Waals surface area contributed by atoms with Crippen molar-refractivity contribution in [2.24, 2.45) is 0 Å². The molecular weight excluding hydrogens is 1200 g/mol. The molecule has 0 unspecified atom stereocenters. The summed E-state index contributed by atoms with van der Waals surface area (Å²) in [7, 11) is 0. The number of hydrogen-bond donors (Lipinski definition) is 8. The first-order chi connectivity index (χ1) is 46.3. The Kier molecular flexibility index (Phi) is 26.0. The van der Waals surface area contributed by atoms with Crippen molar-refractivity contribution in [1.29, 1.82) is 0 Å². The van der Waals surface area contributed by atoms with Crippen LogP contribution in [-0.2, 0) is 0 Å². The third-order valence-electron chi connectivity index (χ3n) is 15.7. The standard InChI is InChI=1S/C78H78O16.CH4/c79-33-41-87-65-21-9-55(10-22-65)61-17-29-73(91-45-37-83)69(49-61)77(70-50-62(18-30-74(70)92-46-38-84)56-11-23-66(24-12-56)88-42-34-80)59-5-1-53(2-6-59)54-3-7-60(8-4-54)78(71-51-63(19-31-75(71)93-47-39-85)57-13-25-67(26-14-57)89-43-35-81)72-52-64(20-32-76(72)94-48-40-86)58-15-27-68(28-16-58)90-44-36-82;/h1-32,49-52,77-86H,33-48H2;1H4. The van der Waals surface area contributed by atoms with Crippen molar-refractivity contribution >= 4 is 0 Å². The molecule has 0 aliphatic carbocycles. The summed E-state index contributed by atoms with van der Waals surface area (Å²) < 4.78 is 48.5. The van der Waals surface area contributed by atoms with Crippen molar-refractivity contribution in [3.05, 3.63) is 252 Å². The van der Waals surface area contributed by atoms with E-state index in [1.165, 1.54) is 0 Å². The molecular formula is C79H82O16. The van der Waals surface area contributed by atoms with Crippen LogP contribution in [0.4, 0.5) is 0 Å². The largest absolute Gasteiger partial charge is 0.491 e. The van der Waals surface area contributed by atoms with Crippen molar-refractivity contribution in [1.82, 2.24) is 0 Å². The van der Waals surface area contributed by atoms with E-state index in [0.29, 0.717) is 46.0 Å². The van der Waals surface area contributed by atoms with Gasteiger partial charge in [-0.3, -0.25) is 0 Å². The Morgan fingerprint density at radius 1 is 0.200 bits per heavy atom. The Bertz CT molecular complexity index is 3480. The van der Waals surface area contributed by atoms with E-state index in [1.54, 1.807) is 0 Å². The van der Waals surface area contributed by atoms with Gasteiger partial charge >= 0.3 is 0 Å². The number of ether oxygens (including phenoxy) is 8. The predicted molar refractivity (Wildman–Crippen MR) is 369 cm³/mol. The molecule has 16 nitrogen and oxygen atoms in total. The lowest BCUT2D eigenvalue weighted by Gasteiger charge is -2.26. The Hall–Kier alpha value is -9.72. The van der Waals surface area contributed by atoms with Gasteiger partial charge in [0.25, 0.3) is 0 Å². The van der Waals surface area contributed by atoms with E-state index in [0.717, 1.165) is 89.0 Å². The summed E-state index contributed by atoms with van der Waals surface area (Å²) in [6.45, 7) is -0.583. The van der Waals surface area contributed by atoms with Gasteiger partial charge in [0.1, 0.15) is 98.9 Å². The van der Waals surface area contributed by atoms with Crippen LogP contribution in [0.25, 0.3) is 55.6 Å². The summed E-state index contributed by atoms with van der Waals surface area (Å²) in [6, 6.07) is 71.1. The van der Waals surface area contributed by atoms with Gasteiger partial charge in [-0.1, -0.05) is 129 Å². The number of rotatable bonds is 35. The first-order valence-corrected chi connectivity index (χ1v) is 31.3. The fourth-order valence-corrected chi connectivity index (χ4v) is 11.4. The normalized spacial score (nSPS) is 11.1. The van der Waals surface area contributed by atoms with Crippen LogP contribution >= 0.6 is 0 Å². The van der Waals surface area contributed by atoms with Crippen LogP contribution < -0.4 is 37.9 Å². The van der Waals surface area contributed by atoms with Gasteiger partial charge in [0.15, 0.2) is 0 Å². The molecule has 0 aliphatic heterocycles. The highest BCUT2D eigenvalue weighted by Gasteiger charge is 2.29. The molecule has 0 saturated heterocycles. The fourth-order valence-electron chi connectivity index (χ4n) is 11.4. The quantitative estimate of drug-likeness (QED) is 0.0172. The zero-order valence-electron chi connectivity index (χ0n) is 52.1. The van der Waals surface area contributed by atoms with E-state index in [-0.39, 0.29) is 113 Å². The van der Waals surface area contributed by atoms with Crippen LogP contribution in [0.3, 0.4) is 0 Å². The van der Waals surface area contributed by atoms with Crippen LogP contribution in [0.15, 0.2) is 218 Å². The van der Waals surface area contributed by atoms with Crippen LogP contribution in [0, 0.1) is 0 Å². The van der Waals surface area contributed by atoms with Gasteiger partial charge in [0.05, 0.1) is 52.9 Å². The molecule has 0 fully saturated rings. The van der Waals surface area contributed by atoms with Gasteiger partial charge in [-0.15, -0.1) is 0 Å². The number of aliphatic hydroxyl groups excluding tert-OH is 8. The molecule has 10 aromatic rings. The van der Waals surface area contributed by atoms with Crippen molar-refractivity contribution < 1.29 is 78.7 Å². The van der Waals surface area contributed by atoms with Crippen LogP contribution in [0.5, 0.6) is 46.0 Å². The summed E-state index contributed by atoms with van der Waals surface area (Å²) in [4.78, 5) is 0. The van der Waals surface area contributed by atoms with E-state index >= 15 is 0 Å². The molecule has 0 aliphatic rings. The third-order valence-corrected chi connectivity index (χ3v) is 15.7. The van der Waals surface area contributed by atoms with Crippen molar-refractivity contribution in [2.45, 2.75) is 19.3 Å². The summed E-state index contributed by atoms with van der Waals surface area (Å²) in [5.74, 6) is 3.50. The molecule has 0 radical (unpaired) electrons. The minimum atomic E-state index is -0.565. The van der Waals surface area contributed by atoms with E-state index < -0.39 is 11.8 Å². The van der Waals surface area contributed by atoms with E-state index in [4.69, 9.17) is 37.9 Å². The zero-order chi connectivity index (χ0) is 65.4. The van der Waals surface area contributed by atoms with E-state index in [1.807, 2.05) is 146 Å². The van der Waals surface area contributed by atoms with Gasteiger partial charge in [0.2, 0.25) is 0 Å². The second kappa shape index (κ2) is 35.5. The van der Waals surface area contributed by atoms with Gasteiger partial charge in [-0.25, -0.2) is 0 Å². The SMILES string of the molecule is C.OCCOc1ccc(-c2ccc(OCCO)c(C(c3ccc(-c4ccc(C(c5cc(-c6ccc(OCCO)cc6)ccc5OCCO)c5cc(-c6ccc(OCCO)cc6)ccc5OCCO)cc4)cc3)c3cc(-c4ccc(OCCO)cc4)ccc3OCCO)c2)cc1. The van der Waals surface area contributed by atoms with Gasteiger partial charge < -0.3 is 78.7 Å². The average molecular weight is 1290 g/mol. The molecule has 10 rings (SSSR count). The van der Waals surface area contributed by atoms with E-state index in [2.05, 4.69) is 72.8 Å². The molecule has 95 heavy (non-hydrogen) atoms. The second-order valence-corrected chi connectivity index (χ2v) is 21.8. The first kappa shape index (κ1) is 69.6. The smallest absolute Gasteiger partial charge is 0.123 e. The molecule has 0 aromatic heterocycles. The number of aliphatic hydroxyl groups is 8. The molecule has 494 valence electrons. The van der Waals surface area contributed by atoms with Gasteiger partial charge in [-0.05, 0) is 164 Å². The second-order valence-electron chi connectivity index (χ2n) is 21.8. The number of benzene rings is 10. The van der Waals surface area contributed by atoms with Crippen molar-refractivity contribution in [3.63, 3.8) is 0 Å². The zero-order valence-corrected chi connectivity index (χ0v) is 52.1. The Labute approximate surface area is 554 Å². The summed E-state index contributed by atoms with van der Waals surface area (Å²) >= 11 is 0. The first-order valence-electron chi connectivity index (χ1n) is 31.3. The molecule has 0 spiro atoms. The monoisotopic (exact) mass is 1290 g/mol. The van der Waals surface area contributed by atoms with Gasteiger partial charge in [-0.2, -0.15) is 0 Å².